The molecular weight excluding hydrogens is 326 g/mol. The lowest BCUT2D eigenvalue weighted by molar-refractivity contribution is -0.114. The van der Waals surface area contributed by atoms with E-state index in [1.54, 1.807) is 7.11 Å². The largest absolute Gasteiger partial charge is 0.494 e. The zero-order chi connectivity index (χ0) is 16.2. The molecule has 5 nitrogen and oxygen atoms in total. The Labute approximate surface area is 148 Å². The van der Waals surface area contributed by atoms with Gasteiger partial charge in [0.2, 0.25) is 5.91 Å². The van der Waals surface area contributed by atoms with Gasteiger partial charge in [-0.25, -0.2) is 0 Å². The number of ether oxygens (including phenoxy) is 1. The van der Waals surface area contributed by atoms with Crippen LogP contribution in [0.15, 0.2) is 36.4 Å². The van der Waals surface area contributed by atoms with E-state index in [1.165, 1.54) is 23.7 Å². The summed E-state index contributed by atoms with van der Waals surface area (Å²) in [5, 5.41) is 9.62. The van der Waals surface area contributed by atoms with Gasteiger partial charge in [0.15, 0.2) is 0 Å². The Balaban J connectivity index is 0.00000208. The number of rotatable bonds is 5. The smallest absolute Gasteiger partial charge is 0.221 e. The summed E-state index contributed by atoms with van der Waals surface area (Å²) >= 11 is 0. The number of methoxy groups -OCH3 is 1. The second kappa shape index (κ2) is 7.93. The summed E-state index contributed by atoms with van der Waals surface area (Å²) in [6, 6.07) is 12.1. The first kappa shape index (κ1) is 17.9. The number of halogens is 1. The zero-order valence-corrected chi connectivity index (χ0v) is 14.6. The zero-order valence-electron chi connectivity index (χ0n) is 13.8. The number of benzene rings is 2. The fraction of sp³-hybridized carbons (Fsp3) is 0.278. The van der Waals surface area contributed by atoms with E-state index in [2.05, 4.69) is 34.1 Å². The van der Waals surface area contributed by atoms with E-state index in [0.717, 1.165) is 25.2 Å². The van der Waals surface area contributed by atoms with Gasteiger partial charge in [-0.15, -0.1) is 12.4 Å². The molecule has 0 unspecified atom stereocenters. The third-order valence-corrected chi connectivity index (χ3v) is 3.93. The van der Waals surface area contributed by atoms with Crippen molar-refractivity contribution in [2.45, 2.75) is 19.9 Å². The quantitative estimate of drug-likeness (QED) is 0.772. The molecule has 3 N–H and O–H groups in total. The summed E-state index contributed by atoms with van der Waals surface area (Å²) < 4.78 is 5.35. The van der Waals surface area contributed by atoms with Crippen molar-refractivity contribution < 1.29 is 9.53 Å². The Bertz CT molecular complexity index is 734. The van der Waals surface area contributed by atoms with Crippen LogP contribution in [0.1, 0.15) is 18.1 Å². The first-order chi connectivity index (χ1) is 11.2. The van der Waals surface area contributed by atoms with Gasteiger partial charge >= 0.3 is 0 Å². The standard InChI is InChI=1S/C18H21N3O2.ClH/c1-12(22)21-16-7-6-15(10-17(16)23-2)20-11-14-5-3-4-13-8-9-19-18(13)14;/h3-7,10,19-20H,8-9,11H2,1-2H3,(H,21,22);1H. The van der Waals surface area contributed by atoms with Crippen LogP contribution in [-0.2, 0) is 17.8 Å². The van der Waals surface area contributed by atoms with Crippen molar-refractivity contribution in [2.75, 3.05) is 29.6 Å². The summed E-state index contributed by atoms with van der Waals surface area (Å²) in [6.45, 7) is 3.22. The van der Waals surface area contributed by atoms with Crippen LogP contribution in [0.3, 0.4) is 0 Å². The molecule has 1 aliphatic heterocycles. The maximum Gasteiger partial charge on any atom is 0.221 e. The second-order valence-electron chi connectivity index (χ2n) is 5.58. The highest BCUT2D eigenvalue weighted by Gasteiger charge is 2.13. The highest BCUT2D eigenvalue weighted by molar-refractivity contribution is 5.90. The maximum absolute atomic E-state index is 11.2. The molecule has 0 bridgehead atoms. The van der Waals surface area contributed by atoms with Crippen LogP contribution in [0.4, 0.5) is 17.1 Å². The third kappa shape index (κ3) is 3.92. The fourth-order valence-corrected chi connectivity index (χ4v) is 2.85. The molecule has 1 heterocycles. The minimum atomic E-state index is -0.116. The van der Waals surface area contributed by atoms with Crippen LogP contribution in [0, 0.1) is 0 Å². The molecule has 0 atom stereocenters. The number of nitrogens with one attached hydrogen (secondary N) is 3. The van der Waals surface area contributed by atoms with E-state index in [4.69, 9.17) is 4.74 Å². The predicted molar refractivity (Wildman–Crippen MR) is 101 cm³/mol. The van der Waals surface area contributed by atoms with E-state index >= 15 is 0 Å². The van der Waals surface area contributed by atoms with Crippen molar-refractivity contribution in [1.29, 1.82) is 0 Å². The Kier molecular flexibility index (Phi) is 5.93. The molecule has 24 heavy (non-hydrogen) atoms. The van der Waals surface area contributed by atoms with Gasteiger partial charge in [-0.1, -0.05) is 18.2 Å². The lowest BCUT2D eigenvalue weighted by Crippen LogP contribution is -2.08. The van der Waals surface area contributed by atoms with Gasteiger partial charge in [-0.3, -0.25) is 4.79 Å². The van der Waals surface area contributed by atoms with E-state index in [1.807, 2.05) is 18.2 Å². The maximum atomic E-state index is 11.2. The van der Waals surface area contributed by atoms with E-state index in [0.29, 0.717) is 11.4 Å². The van der Waals surface area contributed by atoms with Gasteiger partial charge in [-0.05, 0) is 29.7 Å². The first-order valence-electron chi connectivity index (χ1n) is 7.71. The van der Waals surface area contributed by atoms with Crippen LogP contribution in [0.25, 0.3) is 0 Å². The van der Waals surface area contributed by atoms with E-state index < -0.39 is 0 Å². The highest BCUT2D eigenvalue weighted by Crippen LogP contribution is 2.30. The lowest BCUT2D eigenvalue weighted by Gasteiger charge is -2.14. The summed E-state index contributed by atoms with van der Waals surface area (Å²) in [7, 11) is 1.60. The number of amides is 1. The second-order valence-corrected chi connectivity index (χ2v) is 5.58. The normalized spacial score (nSPS) is 11.8. The summed E-state index contributed by atoms with van der Waals surface area (Å²) in [6.07, 6.45) is 1.09. The van der Waals surface area contributed by atoms with Gasteiger partial charge < -0.3 is 20.7 Å². The van der Waals surface area contributed by atoms with Gasteiger partial charge in [0.25, 0.3) is 0 Å². The lowest BCUT2D eigenvalue weighted by atomic mass is 10.1. The molecule has 2 aromatic rings. The number of fused-ring (bicyclic) bond motifs is 1. The molecule has 1 amide bonds. The number of carbonyl (C=O) groups excluding carboxylic acids is 1. The third-order valence-electron chi connectivity index (χ3n) is 3.93. The Hall–Kier alpha value is -2.40. The van der Waals surface area contributed by atoms with Crippen molar-refractivity contribution in [1.82, 2.24) is 0 Å². The van der Waals surface area contributed by atoms with Crippen LogP contribution >= 0.6 is 12.4 Å². The fourth-order valence-electron chi connectivity index (χ4n) is 2.85. The average molecular weight is 348 g/mol. The average Bonchev–Trinajstić information content (AvgIpc) is 3.02. The number of hydrogen-bond acceptors (Lipinski definition) is 4. The molecule has 0 saturated carbocycles. The van der Waals surface area contributed by atoms with Gasteiger partial charge in [0.1, 0.15) is 5.75 Å². The van der Waals surface area contributed by atoms with Crippen molar-refractivity contribution >= 4 is 35.4 Å². The molecule has 0 radical (unpaired) electrons. The molecule has 6 heteroatoms. The summed E-state index contributed by atoms with van der Waals surface area (Å²) in [4.78, 5) is 11.2. The van der Waals surface area contributed by atoms with Crippen LogP contribution in [-0.4, -0.2) is 19.6 Å². The summed E-state index contributed by atoms with van der Waals surface area (Å²) in [5.41, 5.74) is 5.51. The monoisotopic (exact) mass is 347 g/mol. The van der Waals surface area contributed by atoms with Crippen molar-refractivity contribution in [3.05, 3.63) is 47.5 Å². The van der Waals surface area contributed by atoms with Gasteiger partial charge in [0.05, 0.1) is 12.8 Å². The van der Waals surface area contributed by atoms with Crippen molar-refractivity contribution in [2.24, 2.45) is 0 Å². The number of para-hydroxylation sites is 1. The van der Waals surface area contributed by atoms with Crippen molar-refractivity contribution in [3.63, 3.8) is 0 Å². The summed E-state index contributed by atoms with van der Waals surface area (Å²) in [5.74, 6) is 0.525. The molecule has 0 saturated heterocycles. The topological polar surface area (TPSA) is 62.4 Å². The molecule has 0 spiro atoms. The molecule has 0 fully saturated rings. The minimum absolute atomic E-state index is 0. The SMILES string of the molecule is COc1cc(NCc2cccc3c2NCC3)ccc1NC(C)=O.Cl. The molecule has 128 valence electrons. The van der Waals surface area contributed by atoms with Gasteiger partial charge in [-0.2, -0.15) is 0 Å². The Morgan fingerprint density at radius 3 is 2.88 bits per heavy atom. The molecular formula is C18H22ClN3O2. The molecule has 3 rings (SSSR count). The Morgan fingerprint density at radius 2 is 2.12 bits per heavy atom. The van der Waals surface area contributed by atoms with Gasteiger partial charge in [0, 0.05) is 37.5 Å². The number of hydrogen-bond donors (Lipinski definition) is 3. The molecule has 2 aromatic carbocycles. The van der Waals surface area contributed by atoms with Crippen molar-refractivity contribution in [3.8, 4) is 5.75 Å². The number of carbonyl (C=O) groups is 1. The highest BCUT2D eigenvalue weighted by atomic mass is 35.5. The predicted octanol–water partition coefficient (Wildman–Crippen LogP) is 3.66. The number of anilines is 3. The Morgan fingerprint density at radius 1 is 1.29 bits per heavy atom. The molecule has 0 aromatic heterocycles. The van der Waals surface area contributed by atoms with E-state index in [9.17, 15) is 4.79 Å². The molecule has 1 aliphatic rings. The van der Waals surface area contributed by atoms with Crippen LogP contribution < -0.4 is 20.7 Å². The first-order valence-corrected chi connectivity index (χ1v) is 7.71. The van der Waals surface area contributed by atoms with E-state index in [-0.39, 0.29) is 18.3 Å². The van der Waals surface area contributed by atoms with Crippen LogP contribution in [0.5, 0.6) is 5.75 Å². The molecule has 0 aliphatic carbocycles. The van der Waals surface area contributed by atoms with Crippen LogP contribution in [0.2, 0.25) is 0 Å². The minimum Gasteiger partial charge on any atom is -0.494 e.